The summed E-state index contributed by atoms with van der Waals surface area (Å²) < 4.78 is 0. The van der Waals surface area contributed by atoms with Gasteiger partial charge in [0.05, 0.1) is 5.56 Å². The molecule has 0 unspecified atom stereocenters. The predicted octanol–water partition coefficient (Wildman–Crippen LogP) is 3.01. The van der Waals surface area contributed by atoms with E-state index in [4.69, 9.17) is 0 Å². The van der Waals surface area contributed by atoms with Crippen LogP contribution in [0.2, 0.25) is 0 Å². The second-order valence-electron chi connectivity index (χ2n) is 11.1. The number of Topliss-reactive ketones (excluding diaryl/α,β-unsaturated/α-hetero) is 3. The molecule has 1 aromatic rings. The first kappa shape index (κ1) is 24.0. The summed E-state index contributed by atoms with van der Waals surface area (Å²) in [7, 11) is 3.65. The minimum Gasteiger partial charge on any atom is -0.508 e. The zero-order valence-electron chi connectivity index (χ0n) is 20.1. The molecule has 0 saturated heterocycles. The van der Waals surface area contributed by atoms with E-state index in [9.17, 15) is 34.8 Å². The van der Waals surface area contributed by atoms with Crippen molar-refractivity contribution < 1.29 is 34.8 Å². The average Bonchev–Trinajstić information content (AvgIpc) is 2.69. The number of aliphatic hydroxyl groups is 3. The van der Waals surface area contributed by atoms with Gasteiger partial charge in [-0.25, -0.2) is 0 Å². The van der Waals surface area contributed by atoms with Gasteiger partial charge in [0.15, 0.2) is 17.2 Å². The van der Waals surface area contributed by atoms with Gasteiger partial charge in [0.2, 0.25) is 5.78 Å². The van der Waals surface area contributed by atoms with E-state index in [1.54, 1.807) is 26.8 Å². The van der Waals surface area contributed by atoms with Crippen molar-refractivity contribution in [3.63, 3.8) is 0 Å². The van der Waals surface area contributed by atoms with Crippen LogP contribution in [-0.4, -0.2) is 57.5 Å². The van der Waals surface area contributed by atoms with E-state index >= 15 is 0 Å². The Morgan fingerprint density at radius 1 is 1.12 bits per heavy atom. The Morgan fingerprint density at radius 2 is 1.76 bits per heavy atom. The second-order valence-corrected chi connectivity index (χ2v) is 11.1. The quantitative estimate of drug-likeness (QED) is 0.496. The highest BCUT2D eigenvalue weighted by Crippen LogP contribution is 2.53. The first-order valence-electron chi connectivity index (χ1n) is 11.4. The van der Waals surface area contributed by atoms with Crippen molar-refractivity contribution in [1.29, 1.82) is 0 Å². The summed E-state index contributed by atoms with van der Waals surface area (Å²) in [5.41, 5.74) is -2.03. The summed E-state index contributed by atoms with van der Waals surface area (Å²) in [6.45, 7) is 5.42. The van der Waals surface area contributed by atoms with Crippen LogP contribution in [0.1, 0.15) is 51.2 Å². The Hall–Kier alpha value is -3.13. The first-order chi connectivity index (χ1) is 15.7. The third kappa shape index (κ3) is 3.43. The van der Waals surface area contributed by atoms with Crippen molar-refractivity contribution in [1.82, 2.24) is 0 Å². The number of nitrogens with zero attached hydrogens (tertiary/aromatic N) is 1. The van der Waals surface area contributed by atoms with Crippen LogP contribution in [0.3, 0.4) is 0 Å². The molecule has 182 valence electrons. The second kappa shape index (κ2) is 7.70. The third-order valence-corrected chi connectivity index (χ3v) is 7.13. The Balaban J connectivity index is 1.88. The van der Waals surface area contributed by atoms with Crippen LogP contribution < -0.4 is 4.90 Å². The van der Waals surface area contributed by atoms with Crippen molar-refractivity contribution in [2.45, 2.75) is 52.1 Å². The molecule has 34 heavy (non-hydrogen) atoms. The largest absolute Gasteiger partial charge is 0.508 e. The maximum absolute atomic E-state index is 13.7. The highest BCUT2D eigenvalue weighted by Gasteiger charge is 2.60. The van der Waals surface area contributed by atoms with Gasteiger partial charge in [-0.15, -0.1) is 0 Å². The number of carbonyl (C=O) groups excluding carboxylic acids is 3. The van der Waals surface area contributed by atoms with E-state index in [1.807, 2.05) is 19.0 Å². The zero-order chi connectivity index (χ0) is 25.3. The number of ketones is 3. The van der Waals surface area contributed by atoms with Crippen LogP contribution in [0.5, 0.6) is 5.75 Å². The Morgan fingerprint density at radius 3 is 2.35 bits per heavy atom. The molecular weight excluding hydrogens is 438 g/mol. The van der Waals surface area contributed by atoms with E-state index in [0.717, 1.165) is 5.69 Å². The normalized spacial score (nSPS) is 26.8. The number of allylic oxidation sites excluding steroid dienone is 1. The van der Waals surface area contributed by atoms with Crippen molar-refractivity contribution >= 4 is 28.8 Å². The van der Waals surface area contributed by atoms with Crippen LogP contribution in [-0.2, 0) is 20.8 Å². The topological polar surface area (TPSA) is 135 Å². The van der Waals surface area contributed by atoms with Gasteiger partial charge in [-0.05, 0) is 41.9 Å². The molecule has 3 atom stereocenters. The maximum Gasteiger partial charge on any atom is 0.202 e. The maximum atomic E-state index is 13.7. The van der Waals surface area contributed by atoms with Gasteiger partial charge in [0, 0.05) is 44.1 Å². The molecule has 4 rings (SSSR count). The van der Waals surface area contributed by atoms with E-state index < -0.39 is 57.3 Å². The standard InChI is InChI=1S/C26H31NO7/c1-25(2,3)11-18(30)21-17(29)10-13-8-12-9-14-15(27(4)5)6-7-16(28)20(14)22(31)19(12)23(32)26(13,34)24(21)33/h6-7,12-13,28,31,33-34H,8-11H2,1-5H3/t12-,13+,26+/m1/s1. The van der Waals surface area contributed by atoms with Crippen LogP contribution in [0.15, 0.2) is 29.0 Å². The molecule has 0 aliphatic heterocycles. The highest BCUT2D eigenvalue weighted by atomic mass is 16.3. The van der Waals surface area contributed by atoms with Crippen molar-refractivity contribution in [2.75, 3.05) is 19.0 Å². The molecule has 8 heteroatoms. The molecule has 0 aromatic heterocycles. The molecule has 3 aliphatic carbocycles. The Kier molecular flexibility index (Phi) is 5.44. The third-order valence-electron chi connectivity index (χ3n) is 7.13. The number of carbonyl (C=O) groups is 3. The van der Waals surface area contributed by atoms with Gasteiger partial charge < -0.3 is 25.3 Å². The molecular formula is C26H31NO7. The molecule has 0 amide bonds. The van der Waals surface area contributed by atoms with Gasteiger partial charge in [-0.1, -0.05) is 20.8 Å². The molecule has 4 N–H and O–H groups in total. The van der Waals surface area contributed by atoms with Crippen molar-refractivity contribution in [2.24, 2.45) is 17.3 Å². The molecule has 1 fully saturated rings. The zero-order valence-corrected chi connectivity index (χ0v) is 20.1. The molecule has 0 radical (unpaired) electrons. The molecule has 3 aliphatic rings. The fourth-order valence-corrected chi connectivity index (χ4v) is 5.63. The molecule has 0 heterocycles. The molecule has 0 bridgehead atoms. The lowest BCUT2D eigenvalue weighted by Gasteiger charge is -2.46. The fourth-order valence-electron chi connectivity index (χ4n) is 5.63. The lowest BCUT2D eigenvalue weighted by atomic mass is 9.59. The summed E-state index contributed by atoms with van der Waals surface area (Å²) in [5.74, 6) is -5.17. The van der Waals surface area contributed by atoms with E-state index in [2.05, 4.69) is 0 Å². The summed E-state index contributed by atoms with van der Waals surface area (Å²) in [6, 6.07) is 3.15. The van der Waals surface area contributed by atoms with Crippen molar-refractivity contribution in [3.8, 4) is 5.75 Å². The van der Waals surface area contributed by atoms with Gasteiger partial charge in [-0.2, -0.15) is 0 Å². The smallest absolute Gasteiger partial charge is 0.202 e. The number of phenolic OH excluding ortho intramolecular Hbond substituents is 1. The lowest BCUT2D eigenvalue weighted by Crippen LogP contribution is -2.58. The lowest BCUT2D eigenvalue weighted by molar-refractivity contribution is -0.147. The fraction of sp³-hybridized carbons (Fsp3) is 0.500. The molecule has 8 nitrogen and oxygen atoms in total. The Labute approximate surface area is 198 Å². The summed E-state index contributed by atoms with van der Waals surface area (Å²) in [5, 5.41) is 44.1. The average molecular weight is 470 g/mol. The SMILES string of the molecule is CN(C)c1ccc(O)c2c1C[C@H]1C[C@H]3CC(=O)C(C(=O)CC(C)(C)C)=C(O)[C@@]3(O)C(=O)C1=C2O. The molecule has 0 spiro atoms. The highest BCUT2D eigenvalue weighted by molar-refractivity contribution is 6.24. The van der Waals surface area contributed by atoms with Gasteiger partial charge in [0.1, 0.15) is 22.8 Å². The molecule has 1 aromatic carbocycles. The van der Waals surface area contributed by atoms with Crippen LogP contribution in [0.25, 0.3) is 5.76 Å². The van der Waals surface area contributed by atoms with Crippen LogP contribution in [0, 0.1) is 17.3 Å². The summed E-state index contributed by atoms with van der Waals surface area (Å²) in [4.78, 5) is 41.2. The Bertz CT molecular complexity index is 1180. The van der Waals surface area contributed by atoms with E-state index in [0.29, 0.717) is 12.0 Å². The molecule has 1 saturated carbocycles. The monoisotopic (exact) mass is 469 g/mol. The number of aromatic hydroxyl groups is 1. The number of fused-ring (bicyclic) bond motifs is 3. The van der Waals surface area contributed by atoms with Crippen LogP contribution in [0.4, 0.5) is 5.69 Å². The summed E-state index contributed by atoms with van der Waals surface area (Å²) >= 11 is 0. The minimum absolute atomic E-state index is 0.0435. The number of anilines is 1. The van der Waals surface area contributed by atoms with Crippen LogP contribution >= 0.6 is 0 Å². The number of rotatable bonds is 3. The van der Waals surface area contributed by atoms with E-state index in [1.165, 1.54) is 6.07 Å². The number of aliphatic hydroxyl groups excluding tert-OH is 2. The minimum atomic E-state index is -2.48. The first-order valence-corrected chi connectivity index (χ1v) is 11.4. The van der Waals surface area contributed by atoms with Gasteiger partial charge >= 0.3 is 0 Å². The number of hydrogen-bond donors (Lipinski definition) is 4. The summed E-state index contributed by atoms with van der Waals surface area (Å²) in [6.07, 6.45) is 0.164. The number of benzene rings is 1. The van der Waals surface area contributed by atoms with Crippen molar-refractivity contribution in [3.05, 3.63) is 40.2 Å². The van der Waals surface area contributed by atoms with E-state index in [-0.39, 0.29) is 36.1 Å². The van der Waals surface area contributed by atoms with Gasteiger partial charge in [-0.3, -0.25) is 14.4 Å². The predicted molar refractivity (Wildman–Crippen MR) is 126 cm³/mol. The number of hydrogen-bond acceptors (Lipinski definition) is 8. The number of phenols is 1. The van der Waals surface area contributed by atoms with Gasteiger partial charge in [0.25, 0.3) is 0 Å².